The number of anilines is 1. The second kappa shape index (κ2) is 5.94. The molecule has 1 aromatic rings. The lowest BCUT2D eigenvalue weighted by molar-refractivity contribution is -0.119. The Balaban J connectivity index is 1.58. The molecule has 6 heteroatoms. The van der Waals surface area contributed by atoms with Crippen LogP contribution in [0, 0.1) is 0 Å². The number of rotatable bonds is 3. The molecule has 1 fully saturated rings. The Morgan fingerprint density at radius 1 is 1.46 bits per heavy atom. The highest BCUT2D eigenvalue weighted by molar-refractivity contribution is 5.94. The zero-order chi connectivity index (χ0) is 16.7. The molecule has 24 heavy (non-hydrogen) atoms. The summed E-state index contributed by atoms with van der Waals surface area (Å²) < 4.78 is 5.43. The van der Waals surface area contributed by atoms with Gasteiger partial charge in [-0.25, -0.2) is 4.79 Å². The molecule has 2 atom stereocenters. The number of benzene rings is 1. The van der Waals surface area contributed by atoms with Crippen molar-refractivity contribution < 1.29 is 14.3 Å². The molecule has 2 N–H and O–H groups in total. The van der Waals surface area contributed by atoms with Gasteiger partial charge in [0.25, 0.3) is 0 Å². The molecule has 0 unspecified atom stereocenters. The molecule has 0 aliphatic carbocycles. The first kappa shape index (κ1) is 15.2. The van der Waals surface area contributed by atoms with Crippen LogP contribution in [0.1, 0.15) is 24.5 Å². The van der Waals surface area contributed by atoms with Crippen LogP contribution in [-0.2, 0) is 16.0 Å². The number of hydrogen-bond donors (Lipinski definition) is 2. The molecule has 1 aromatic carbocycles. The Hall–Kier alpha value is -2.34. The van der Waals surface area contributed by atoms with Crippen LogP contribution in [0.2, 0.25) is 0 Å². The van der Waals surface area contributed by atoms with Gasteiger partial charge in [0, 0.05) is 13.5 Å². The largest absolute Gasteiger partial charge is 0.442 e. The van der Waals surface area contributed by atoms with Gasteiger partial charge in [-0.1, -0.05) is 12.1 Å². The van der Waals surface area contributed by atoms with E-state index in [9.17, 15) is 9.59 Å². The van der Waals surface area contributed by atoms with E-state index in [1.165, 1.54) is 23.6 Å². The van der Waals surface area contributed by atoms with Gasteiger partial charge in [0.15, 0.2) is 0 Å². The van der Waals surface area contributed by atoms with Gasteiger partial charge in [-0.2, -0.15) is 0 Å². The van der Waals surface area contributed by atoms with E-state index in [-0.39, 0.29) is 24.1 Å². The molecule has 0 spiro atoms. The molecule has 2 amide bonds. The lowest BCUT2D eigenvalue weighted by Crippen LogP contribution is -2.40. The third-order valence-corrected chi connectivity index (χ3v) is 4.96. The second-order valence-corrected chi connectivity index (χ2v) is 6.53. The van der Waals surface area contributed by atoms with Gasteiger partial charge in [0.05, 0.1) is 18.3 Å². The van der Waals surface area contributed by atoms with Crippen LogP contribution in [0.15, 0.2) is 24.3 Å². The third-order valence-electron chi connectivity index (χ3n) is 4.96. The second-order valence-electron chi connectivity index (χ2n) is 6.53. The lowest BCUT2D eigenvalue weighted by atomic mass is 9.96. The summed E-state index contributed by atoms with van der Waals surface area (Å²) in [5.41, 5.74) is 4.72. The summed E-state index contributed by atoms with van der Waals surface area (Å²) in [6.45, 7) is 3.74. The summed E-state index contributed by atoms with van der Waals surface area (Å²) >= 11 is 0. The molecule has 0 bridgehead atoms. The normalized spacial score (nSPS) is 25.0. The molecule has 6 nitrogen and oxygen atoms in total. The van der Waals surface area contributed by atoms with Crippen molar-refractivity contribution in [3.05, 3.63) is 35.4 Å². The van der Waals surface area contributed by atoms with Crippen LogP contribution in [0.4, 0.5) is 10.5 Å². The van der Waals surface area contributed by atoms with Crippen LogP contribution in [-0.4, -0.2) is 43.8 Å². The smallest absolute Gasteiger partial charge is 0.415 e. The first-order valence-electron chi connectivity index (χ1n) is 8.41. The minimum atomic E-state index is -0.317. The number of carbonyl (C=O) groups excluding carboxylic acids is 2. The number of cyclic esters (lactones) is 1. The maximum Gasteiger partial charge on any atom is 0.415 e. The number of carbonyl (C=O) groups is 2. The number of nitrogens with one attached hydrogen (secondary N) is 2. The van der Waals surface area contributed by atoms with Gasteiger partial charge in [0.1, 0.15) is 6.10 Å². The van der Waals surface area contributed by atoms with Gasteiger partial charge in [-0.15, -0.1) is 0 Å². The van der Waals surface area contributed by atoms with Crippen molar-refractivity contribution in [2.75, 3.05) is 24.5 Å². The fourth-order valence-corrected chi connectivity index (χ4v) is 3.78. The van der Waals surface area contributed by atoms with Gasteiger partial charge in [-0.3, -0.25) is 9.69 Å². The maximum absolute atomic E-state index is 12.2. The zero-order valence-corrected chi connectivity index (χ0v) is 13.7. The Morgan fingerprint density at radius 2 is 2.33 bits per heavy atom. The highest BCUT2D eigenvalue weighted by Crippen LogP contribution is 2.40. The van der Waals surface area contributed by atoms with E-state index >= 15 is 0 Å². The quantitative estimate of drug-likeness (QED) is 0.881. The molecule has 0 aromatic heterocycles. The molecule has 0 saturated carbocycles. The van der Waals surface area contributed by atoms with E-state index < -0.39 is 0 Å². The van der Waals surface area contributed by atoms with E-state index in [2.05, 4.69) is 28.8 Å². The summed E-state index contributed by atoms with van der Waals surface area (Å²) in [6.07, 6.45) is 3.41. The third kappa shape index (κ3) is 2.57. The molecule has 0 radical (unpaired) electrons. The fraction of sp³-hybridized carbons (Fsp3) is 0.444. The number of amides is 2. The number of nitrogens with zero attached hydrogens (tertiary/aromatic N) is 1. The van der Waals surface area contributed by atoms with E-state index in [1.54, 1.807) is 4.90 Å². The molecule has 4 rings (SSSR count). The van der Waals surface area contributed by atoms with Crippen LogP contribution in [0.5, 0.6) is 0 Å². The molecular formula is C18H21N3O3. The SMILES string of the molecule is CC(=O)NC[C@@H]1OC(=O)N2c3ccc(C4=CCNCC4)cc3C[C@@H]12. The highest BCUT2D eigenvalue weighted by atomic mass is 16.6. The minimum absolute atomic E-state index is 0.0309. The molecule has 126 valence electrons. The zero-order valence-electron chi connectivity index (χ0n) is 13.7. The average molecular weight is 327 g/mol. The predicted molar refractivity (Wildman–Crippen MR) is 90.8 cm³/mol. The lowest BCUT2D eigenvalue weighted by Gasteiger charge is -2.17. The summed E-state index contributed by atoms with van der Waals surface area (Å²) in [5.74, 6) is -0.111. The fourth-order valence-electron chi connectivity index (χ4n) is 3.78. The van der Waals surface area contributed by atoms with Crippen molar-refractivity contribution >= 4 is 23.3 Å². The minimum Gasteiger partial charge on any atom is -0.442 e. The van der Waals surface area contributed by atoms with E-state index in [1.807, 2.05) is 6.07 Å². The average Bonchev–Trinajstić information content (AvgIpc) is 3.11. The predicted octanol–water partition coefficient (Wildman–Crippen LogP) is 1.45. The van der Waals surface area contributed by atoms with E-state index in [0.29, 0.717) is 6.54 Å². The summed E-state index contributed by atoms with van der Waals surface area (Å²) in [6, 6.07) is 6.28. The monoisotopic (exact) mass is 327 g/mol. The Bertz CT molecular complexity index is 728. The van der Waals surface area contributed by atoms with Gasteiger partial charge in [-0.05, 0) is 48.2 Å². The summed E-state index contributed by atoms with van der Waals surface area (Å²) in [5, 5.41) is 6.08. The molecule has 3 aliphatic heterocycles. The standard InChI is InChI=1S/C18H21N3O3/c1-11(22)20-10-17-16-9-14-8-13(12-4-6-19-7-5-12)2-3-15(14)21(16)18(23)24-17/h2-4,8,16-17,19H,5-7,9-10H2,1H3,(H,20,22)/t16-,17-/m0/s1. The van der Waals surface area contributed by atoms with Crippen molar-refractivity contribution in [1.29, 1.82) is 0 Å². The van der Waals surface area contributed by atoms with Crippen molar-refractivity contribution in [1.82, 2.24) is 10.6 Å². The first-order chi connectivity index (χ1) is 11.6. The van der Waals surface area contributed by atoms with E-state index in [0.717, 1.165) is 31.6 Å². The molecule has 3 aliphatic rings. The summed E-state index contributed by atoms with van der Waals surface area (Å²) in [7, 11) is 0. The van der Waals surface area contributed by atoms with Crippen molar-refractivity contribution in [2.24, 2.45) is 0 Å². The van der Waals surface area contributed by atoms with Crippen molar-refractivity contribution in [2.45, 2.75) is 31.9 Å². The van der Waals surface area contributed by atoms with Crippen LogP contribution < -0.4 is 15.5 Å². The molecule has 1 saturated heterocycles. The van der Waals surface area contributed by atoms with Crippen LogP contribution in [0.25, 0.3) is 5.57 Å². The van der Waals surface area contributed by atoms with Gasteiger partial charge < -0.3 is 15.4 Å². The number of fused-ring (bicyclic) bond motifs is 3. The van der Waals surface area contributed by atoms with Crippen molar-refractivity contribution in [3.63, 3.8) is 0 Å². The molecule has 3 heterocycles. The highest BCUT2D eigenvalue weighted by Gasteiger charge is 2.47. The van der Waals surface area contributed by atoms with Crippen LogP contribution in [0.3, 0.4) is 0 Å². The number of ether oxygens (including phenoxy) is 1. The molecular weight excluding hydrogens is 306 g/mol. The number of hydrogen-bond acceptors (Lipinski definition) is 4. The van der Waals surface area contributed by atoms with Crippen molar-refractivity contribution in [3.8, 4) is 0 Å². The van der Waals surface area contributed by atoms with E-state index in [4.69, 9.17) is 4.74 Å². The van der Waals surface area contributed by atoms with Gasteiger partial charge >= 0.3 is 6.09 Å². The topological polar surface area (TPSA) is 70.7 Å². The van der Waals surface area contributed by atoms with Crippen LogP contribution >= 0.6 is 0 Å². The Kier molecular flexibility index (Phi) is 3.76. The first-order valence-corrected chi connectivity index (χ1v) is 8.41. The Morgan fingerprint density at radius 3 is 3.08 bits per heavy atom. The summed E-state index contributed by atoms with van der Waals surface area (Å²) in [4.78, 5) is 25.1. The Labute approximate surface area is 140 Å². The van der Waals surface area contributed by atoms with Gasteiger partial charge in [0.2, 0.25) is 5.91 Å². The maximum atomic E-state index is 12.2.